The van der Waals surface area contributed by atoms with Gasteiger partial charge in [0, 0.05) is 12.1 Å². The maximum Gasteiger partial charge on any atom is 0.278 e. The maximum absolute atomic E-state index is 13.3. The minimum Gasteiger partial charge on any atom is -0.322 e. The Labute approximate surface area is 177 Å². The van der Waals surface area contributed by atoms with Crippen LogP contribution >= 0.6 is 0 Å². The number of rotatable bonds is 3. The van der Waals surface area contributed by atoms with Crippen molar-refractivity contribution >= 4 is 28.5 Å². The van der Waals surface area contributed by atoms with E-state index in [-0.39, 0.29) is 23.8 Å². The van der Waals surface area contributed by atoms with Crippen molar-refractivity contribution in [2.45, 2.75) is 33.1 Å². The molecule has 3 heterocycles. The zero-order valence-electron chi connectivity index (χ0n) is 17.4. The Morgan fingerprint density at radius 1 is 1.03 bits per heavy atom. The van der Waals surface area contributed by atoms with Crippen LogP contribution in [-0.4, -0.2) is 31.6 Å². The molecule has 2 aromatic heterocycles. The van der Waals surface area contributed by atoms with Crippen LogP contribution in [0, 0.1) is 20.8 Å². The van der Waals surface area contributed by atoms with Gasteiger partial charge < -0.3 is 4.98 Å². The molecule has 0 aliphatic carbocycles. The Balaban J connectivity index is 1.56. The largest absolute Gasteiger partial charge is 0.322 e. The zero-order valence-corrected chi connectivity index (χ0v) is 17.4. The highest BCUT2D eigenvalue weighted by Crippen LogP contribution is 2.34. The van der Waals surface area contributed by atoms with Gasteiger partial charge in [0.1, 0.15) is 0 Å². The molecule has 4 aromatic rings. The molecule has 8 heteroatoms. The summed E-state index contributed by atoms with van der Waals surface area (Å²) in [7, 11) is 0. The summed E-state index contributed by atoms with van der Waals surface area (Å²) >= 11 is 0. The van der Waals surface area contributed by atoms with Crippen molar-refractivity contribution in [1.29, 1.82) is 0 Å². The maximum atomic E-state index is 13.3. The molecule has 1 saturated heterocycles. The number of hydrogen-bond acceptors (Lipinski definition) is 4. The molecule has 2 N–H and O–H groups in total. The molecule has 0 unspecified atom stereocenters. The number of benzene rings is 2. The summed E-state index contributed by atoms with van der Waals surface area (Å²) in [6.45, 7) is 5.55. The Kier molecular flexibility index (Phi) is 4.18. The molecule has 1 aliphatic rings. The molecule has 0 saturated carbocycles. The van der Waals surface area contributed by atoms with Crippen molar-refractivity contribution < 1.29 is 9.59 Å². The normalized spacial score (nSPS) is 16.6. The highest BCUT2D eigenvalue weighted by atomic mass is 16.2. The molecule has 0 radical (unpaired) electrons. The van der Waals surface area contributed by atoms with Gasteiger partial charge in [-0.1, -0.05) is 29.8 Å². The third-order valence-corrected chi connectivity index (χ3v) is 5.79. The molecule has 1 atom stereocenters. The number of aryl methyl sites for hydroxylation is 3. The molecular formula is C23H21N5O3. The average Bonchev–Trinajstić information content (AvgIpc) is 3.36. The zero-order chi connectivity index (χ0) is 21.9. The third kappa shape index (κ3) is 2.91. The predicted octanol–water partition coefficient (Wildman–Crippen LogP) is 3.01. The van der Waals surface area contributed by atoms with Gasteiger partial charge in [-0.05, 0) is 44.5 Å². The number of aromatic amines is 2. The number of aromatic nitrogens is 4. The van der Waals surface area contributed by atoms with Crippen LogP contribution in [0.5, 0.6) is 0 Å². The molecule has 5 rings (SSSR count). The lowest BCUT2D eigenvalue weighted by Gasteiger charge is -2.17. The van der Waals surface area contributed by atoms with E-state index in [2.05, 4.69) is 15.1 Å². The summed E-state index contributed by atoms with van der Waals surface area (Å²) in [5.41, 5.74) is 4.43. The molecule has 2 amide bonds. The van der Waals surface area contributed by atoms with Crippen molar-refractivity contribution in [3.63, 3.8) is 0 Å². The number of anilines is 1. The van der Waals surface area contributed by atoms with Gasteiger partial charge in [-0.15, -0.1) is 0 Å². The number of amides is 2. The minimum atomic E-state index is -0.831. The first kappa shape index (κ1) is 19.0. The highest BCUT2D eigenvalue weighted by molar-refractivity contribution is 6.23. The summed E-state index contributed by atoms with van der Waals surface area (Å²) in [4.78, 5) is 48.1. The number of imide groups is 1. The van der Waals surface area contributed by atoms with E-state index in [0.29, 0.717) is 22.9 Å². The molecule has 0 bridgehead atoms. The molecule has 2 aromatic carbocycles. The average molecular weight is 415 g/mol. The van der Waals surface area contributed by atoms with Crippen LogP contribution in [0.25, 0.3) is 17.0 Å². The topological polar surface area (TPSA) is 104 Å². The van der Waals surface area contributed by atoms with Crippen LogP contribution in [0.3, 0.4) is 0 Å². The lowest BCUT2D eigenvalue weighted by atomic mass is 9.98. The van der Waals surface area contributed by atoms with Crippen molar-refractivity contribution in [2.75, 3.05) is 4.90 Å². The number of para-hydroxylation sites is 2. The minimum absolute atomic E-state index is 0.0415. The summed E-state index contributed by atoms with van der Waals surface area (Å²) in [6.07, 6.45) is -0.0415. The number of nitrogens with one attached hydrogen (secondary N) is 2. The monoisotopic (exact) mass is 415 g/mol. The van der Waals surface area contributed by atoms with E-state index in [4.69, 9.17) is 0 Å². The Bertz CT molecular complexity index is 1390. The van der Waals surface area contributed by atoms with Gasteiger partial charge in [0.05, 0.1) is 28.2 Å². The lowest BCUT2D eigenvalue weighted by molar-refractivity contribution is -0.121. The summed E-state index contributed by atoms with van der Waals surface area (Å²) in [5, 5.41) is 3.00. The smallest absolute Gasteiger partial charge is 0.278 e. The lowest BCUT2D eigenvalue weighted by Crippen LogP contribution is -2.31. The van der Waals surface area contributed by atoms with E-state index in [1.807, 2.05) is 50.2 Å². The van der Waals surface area contributed by atoms with Gasteiger partial charge >= 0.3 is 0 Å². The van der Waals surface area contributed by atoms with E-state index < -0.39 is 5.92 Å². The summed E-state index contributed by atoms with van der Waals surface area (Å²) < 4.78 is 1.29. The van der Waals surface area contributed by atoms with Crippen molar-refractivity contribution in [2.24, 2.45) is 0 Å². The Hall–Kier alpha value is -3.94. The van der Waals surface area contributed by atoms with Crippen LogP contribution in [0.1, 0.15) is 34.7 Å². The number of imidazole rings is 1. The Morgan fingerprint density at radius 3 is 2.55 bits per heavy atom. The number of carbonyl (C=O) groups excluding carboxylic acids is 2. The van der Waals surface area contributed by atoms with Crippen LogP contribution in [0.15, 0.2) is 47.3 Å². The van der Waals surface area contributed by atoms with Crippen molar-refractivity contribution in [3.8, 4) is 5.95 Å². The number of fused-ring (bicyclic) bond motifs is 1. The Morgan fingerprint density at radius 2 is 1.81 bits per heavy atom. The third-order valence-electron chi connectivity index (χ3n) is 5.79. The summed E-state index contributed by atoms with van der Waals surface area (Å²) in [6, 6.07) is 13.0. The number of hydrogen-bond donors (Lipinski definition) is 2. The van der Waals surface area contributed by atoms with Gasteiger partial charge in [0.15, 0.2) is 0 Å². The second-order valence-corrected chi connectivity index (χ2v) is 7.98. The van der Waals surface area contributed by atoms with Crippen LogP contribution < -0.4 is 10.5 Å². The van der Waals surface area contributed by atoms with Crippen LogP contribution in [-0.2, 0) is 9.59 Å². The van der Waals surface area contributed by atoms with E-state index in [9.17, 15) is 14.4 Å². The number of carbonyl (C=O) groups is 2. The molecule has 1 aliphatic heterocycles. The quantitative estimate of drug-likeness (QED) is 0.502. The molecular weight excluding hydrogens is 394 g/mol. The number of H-pyrrole nitrogens is 2. The first-order valence-corrected chi connectivity index (χ1v) is 10.1. The molecule has 0 spiro atoms. The standard InChI is InChI=1S/C23H21N5O3/c1-12-8-9-18(13(2)10-12)27-19(29)11-15(21(27)30)20-14(3)26-28(22(20)31)23-24-16-6-4-5-7-17(16)25-23/h4-10,15,26H,11H2,1-3H3,(H,24,25)/t15-/m0/s1. The first-order valence-electron chi connectivity index (χ1n) is 10.1. The van der Waals surface area contributed by atoms with Gasteiger partial charge in [0.2, 0.25) is 17.8 Å². The molecule has 8 nitrogen and oxygen atoms in total. The predicted molar refractivity (Wildman–Crippen MR) is 117 cm³/mol. The van der Waals surface area contributed by atoms with E-state index in [1.54, 1.807) is 13.0 Å². The van der Waals surface area contributed by atoms with Crippen LogP contribution in [0.2, 0.25) is 0 Å². The van der Waals surface area contributed by atoms with Gasteiger partial charge in [-0.2, -0.15) is 4.68 Å². The molecule has 31 heavy (non-hydrogen) atoms. The van der Waals surface area contributed by atoms with Crippen molar-refractivity contribution in [1.82, 2.24) is 19.7 Å². The first-order chi connectivity index (χ1) is 14.8. The molecule has 156 valence electrons. The molecule has 1 fully saturated rings. The van der Waals surface area contributed by atoms with Gasteiger partial charge in [-0.3, -0.25) is 19.5 Å². The van der Waals surface area contributed by atoms with Crippen LogP contribution in [0.4, 0.5) is 5.69 Å². The number of nitrogens with zero attached hydrogens (tertiary/aromatic N) is 3. The van der Waals surface area contributed by atoms with Crippen molar-refractivity contribution in [3.05, 3.63) is 75.2 Å². The SMILES string of the molecule is Cc1ccc(N2C(=O)C[C@@H](c3c(C)[nH]n(-c4nc5ccccc5[nH]4)c3=O)C2=O)c(C)c1. The highest BCUT2D eigenvalue weighted by Gasteiger charge is 2.43. The fourth-order valence-electron chi connectivity index (χ4n) is 4.33. The van der Waals surface area contributed by atoms with Gasteiger partial charge in [-0.25, -0.2) is 9.88 Å². The van der Waals surface area contributed by atoms with E-state index in [1.165, 1.54) is 9.58 Å². The second kappa shape index (κ2) is 6.80. The summed E-state index contributed by atoms with van der Waals surface area (Å²) in [5.74, 6) is -1.18. The van der Waals surface area contributed by atoms with E-state index >= 15 is 0 Å². The van der Waals surface area contributed by atoms with E-state index in [0.717, 1.165) is 22.2 Å². The van der Waals surface area contributed by atoms with Gasteiger partial charge in [0.25, 0.3) is 5.56 Å². The fraction of sp³-hybridized carbons (Fsp3) is 0.217. The second-order valence-electron chi connectivity index (χ2n) is 7.98. The fourth-order valence-corrected chi connectivity index (χ4v) is 4.33.